The molecule has 1 atom stereocenters. The molecule has 18 heavy (non-hydrogen) atoms. The van der Waals surface area contributed by atoms with Crippen molar-refractivity contribution in [3.63, 3.8) is 0 Å². The van der Waals surface area contributed by atoms with E-state index >= 15 is 0 Å². The van der Waals surface area contributed by atoms with E-state index in [1.54, 1.807) is 7.11 Å². The van der Waals surface area contributed by atoms with Crippen LogP contribution in [0.2, 0.25) is 0 Å². The highest BCUT2D eigenvalue weighted by atomic mass is 79.9. The van der Waals surface area contributed by atoms with Crippen LogP contribution in [0.15, 0.2) is 28.7 Å². The summed E-state index contributed by atoms with van der Waals surface area (Å²) in [7, 11) is 1.77. The molecule has 0 saturated carbocycles. The number of hydrogen-bond donors (Lipinski definition) is 1. The van der Waals surface area contributed by atoms with Crippen molar-refractivity contribution in [3.8, 4) is 0 Å². The van der Waals surface area contributed by atoms with Crippen molar-refractivity contribution < 1.29 is 4.74 Å². The molecular formula is C15H24BrNO. The maximum Gasteiger partial charge on any atom is 0.0462 e. The molecule has 2 nitrogen and oxygen atoms in total. The predicted molar refractivity (Wildman–Crippen MR) is 81.0 cm³/mol. The molecule has 0 aliphatic carbocycles. The smallest absolute Gasteiger partial charge is 0.0462 e. The van der Waals surface area contributed by atoms with Gasteiger partial charge in [0.05, 0.1) is 0 Å². The lowest BCUT2D eigenvalue weighted by Crippen LogP contribution is -2.24. The predicted octanol–water partition coefficient (Wildman–Crippen LogP) is 3.64. The van der Waals surface area contributed by atoms with E-state index in [1.165, 1.54) is 12.0 Å². The number of rotatable bonds is 9. The Labute approximate surface area is 119 Å². The first-order valence-corrected chi connectivity index (χ1v) is 7.49. The van der Waals surface area contributed by atoms with Gasteiger partial charge in [-0.25, -0.2) is 0 Å². The number of nitrogens with one attached hydrogen (secondary N) is 1. The summed E-state index contributed by atoms with van der Waals surface area (Å²) in [4.78, 5) is 0. The zero-order chi connectivity index (χ0) is 13.2. The van der Waals surface area contributed by atoms with E-state index in [-0.39, 0.29) is 0 Å². The highest BCUT2D eigenvalue weighted by Gasteiger charge is 2.09. The highest BCUT2D eigenvalue weighted by molar-refractivity contribution is 9.10. The molecule has 1 unspecified atom stereocenters. The molecule has 0 aromatic heterocycles. The lowest BCUT2D eigenvalue weighted by molar-refractivity contribution is 0.186. The van der Waals surface area contributed by atoms with Crippen LogP contribution in [0.25, 0.3) is 0 Å². The molecule has 102 valence electrons. The van der Waals surface area contributed by atoms with E-state index in [1.807, 2.05) is 0 Å². The van der Waals surface area contributed by atoms with Crippen molar-refractivity contribution in [2.75, 3.05) is 26.8 Å². The van der Waals surface area contributed by atoms with Gasteiger partial charge in [0.25, 0.3) is 0 Å². The summed E-state index contributed by atoms with van der Waals surface area (Å²) in [6.07, 6.45) is 3.50. The lowest BCUT2D eigenvalue weighted by Gasteiger charge is -2.17. The van der Waals surface area contributed by atoms with Gasteiger partial charge in [0, 0.05) is 18.2 Å². The summed E-state index contributed by atoms with van der Waals surface area (Å²) < 4.78 is 6.28. The third-order valence-corrected chi connectivity index (χ3v) is 3.61. The first-order chi connectivity index (χ1) is 8.76. The monoisotopic (exact) mass is 313 g/mol. The molecular weight excluding hydrogens is 290 g/mol. The molecule has 0 amide bonds. The third-order valence-electron chi connectivity index (χ3n) is 3.08. The Morgan fingerprint density at radius 2 is 2.00 bits per heavy atom. The molecule has 0 radical (unpaired) electrons. The quantitative estimate of drug-likeness (QED) is 0.703. The van der Waals surface area contributed by atoms with Crippen LogP contribution in [0, 0.1) is 5.92 Å². The Balaban J connectivity index is 2.45. The van der Waals surface area contributed by atoms with Crippen LogP contribution < -0.4 is 5.32 Å². The van der Waals surface area contributed by atoms with Crippen LogP contribution in [-0.4, -0.2) is 26.8 Å². The fourth-order valence-corrected chi connectivity index (χ4v) is 2.36. The fourth-order valence-electron chi connectivity index (χ4n) is 2.09. The fraction of sp³-hybridized carbons (Fsp3) is 0.600. The minimum Gasteiger partial charge on any atom is -0.385 e. The largest absolute Gasteiger partial charge is 0.385 e. The zero-order valence-corrected chi connectivity index (χ0v) is 13.0. The van der Waals surface area contributed by atoms with Crippen molar-refractivity contribution in [1.82, 2.24) is 5.32 Å². The Morgan fingerprint density at radius 3 is 2.61 bits per heavy atom. The minimum atomic E-state index is 0.696. The van der Waals surface area contributed by atoms with Crippen LogP contribution >= 0.6 is 15.9 Å². The van der Waals surface area contributed by atoms with Gasteiger partial charge in [0.2, 0.25) is 0 Å². The van der Waals surface area contributed by atoms with Crippen LogP contribution in [0.4, 0.5) is 0 Å². The number of hydrogen-bond acceptors (Lipinski definition) is 2. The molecule has 0 spiro atoms. The van der Waals surface area contributed by atoms with E-state index in [0.717, 1.165) is 37.0 Å². The third kappa shape index (κ3) is 6.53. The molecule has 0 heterocycles. The molecule has 3 heteroatoms. The van der Waals surface area contributed by atoms with Crippen LogP contribution in [0.5, 0.6) is 0 Å². The summed E-state index contributed by atoms with van der Waals surface area (Å²) in [5.74, 6) is 0.696. The van der Waals surface area contributed by atoms with Crippen molar-refractivity contribution in [3.05, 3.63) is 34.3 Å². The van der Waals surface area contributed by atoms with Gasteiger partial charge >= 0.3 is 0 Å². The van der Waals surface area contributed by atoms with Crippen molar-refractivity contribution in [2.45, 2.75) is 26.2 Å². The average Bonchev–Trinajstić information content (AvgIpc) is 2.38. The summed E-state index contributed by atoms with van der Waals surface area (Å²) in [6, 6.07) is 8.66. The number of halogens is 1. The molecule has 0 aliphatic rings. The molecule has 1 aromatic rings. The maximum atomic E-state index is 5.14. The van der Waals surface area contributed by atoms with Gasteiger partial charge in [-0.1, -0.05) is 35.0 Å². The van der Waals surface area contributed by atoms with Crippen LogP contribution in [0.1, 0.15) is 25.3 Å². The Bertz CT molecular complexity index is 313. The topological polar surface area (TPSA) is 21.3 Å². The minimum absolute atomic E-state index is 0.696. The molecule has 0 fully saturated rings. The first-order valence-electron chi connectivity index (χ1n) is 6.70. The van der Waals surface area contributed by atoms with Gasteiger partial charge in [-0.15, -0.1) is 0 Å². The number of ether oxygens (including phenoxy) is 1. The van der Waals surface area contributed by atoms with Gasteiger partial charge in [0.15, 0.2) is 0 Å². The Hall–Kier alpha value is -0.380. The first kappa shape index (κ1) is 15.7. The molecule has 0 saturated heterocycles. The SMILES string of the molecule is CCNCC(CCCOC)Cc1ccc(Br)cc1. The molecule has 0 aliphatic heterocycles. The molecule has 1 N–H and O–H groups in total. The molecule has 0 bridgehead atoms. The van der Waals surface area contributed by atoms with Crippen LogP contribution in [-0.2, 0) is 11.2 Å². The van der Waals surface area contributed by atoms with Crippen molar-refractivity contribution in [1.29, 1.82) is 0 Å². The van der Waals surface area contributed by atoms with Gasteiger partial charge in [-0.3, -0.25) is 0 Å². The summed E-state index contributed by atoms with van der Waals surface area (Å²) in [6.45, 7) is 5.16. The summed E-state index contributed by atoms with van der Waals surface area (Å²) in [5, 5.41) is 3.46. The van der Waals surface area contributed by atoms with Crippen molar-refractivity contribution in [2.24, 2.45) is 5.92 Å². The lowest BCUT2D eigenvalue weighted by atomic mass is 9.95. The van der Waals surface area contributed by atoms with Crippen LogP contribution in [0.3, 0.4) is 0 Å². The number of benzene rings is 1. The van der Waals surface area contributed by atoms with Crippen molar-refractivity contribution >= 4 is 15.9 Å². The van der Waals surface area contributed by atoms with Gasteiger partial charge in [0.1, 0.15) is 0 Å². The Morgan fingerprint density at radius 1 is 1.28 bits per heavy atom. The second kappa shape index (κ2) is 9.54. The summed E-state index contributed by atoms with van der Waals surface area (Å²) in [5.41, 5.74) is 1.42. The normalized spacial score (nSPS) is 12.6. The van der Waals surface area contributed by atoms with Gasteiger partial charge in [-0.2, -0.15) is 0 Å². The van der Waals surface area contributed by atoms with E-state index in [4.69, 9.17) is 4.74 Å². The van der Waals surface area contributed by atoms with E-state index in [2.05, 4.69) is 52.4 Å². The zero-order valence-electron chi connectivity index (χ0n) is 11.4. The summed E-state index contributed by atoms with van der Waals surface area (Å²) >= 11 is 3.48. The van der Waals surface area contributed by atoms with E-state index < -0.39 is 0 Å². The Kier molecular flexibility index (Phi) is 8.31. The second-order valence-electron chi connectivity index (χ2n) is 4.64. The number of methoxy groups -OCH3 is 1. The highest BCUT2D eigenvalue weighted by Crippen LogP contribution is 2.16. The standard InChI is InChI=1S/C15H24BrNO/c1-3-17-12-14(5-4-10-18-2)11-13-6-8-15(16)9-7-13/h6-9,14,17H,3-5,10-12H2,1-2H3. The second-order valence-corrected chi connectivity index (χ2v) is 5.55. The molecule has 1 rings (SSSR count). The van der Waals surface area contributed by atoms with Gasteiger partial charge < -0.3 is 10.1 Å². The van der Waals surface area contributed by atoms with E-state index in [9.17, 15) is 0 Å². The average molecular weight is 314 g/mol. The maximum absolute atomic E-state index is 5.14. The molecule has 1 aromatic carbocycles. The van der Waals surface area contributed by atoms with E-state index in [0.29, 0.717) is 5.92 Å². The van der Waals surface area contributed by atoms with Gasteiger partial charge in [-0.05, 0) is 56.0 Å².